The predicted molar refractivity (Wildman–Crippen MR) is 98.6 cm³/mol. The lowest BCUT2D eigenvalue weighted by atomic mass is 9.82. The largest absolute Gasteiger partial charge is 0.481 e. The van der Waals surface area contributed by atoms with E-state index in [1.807, 2.05) is 0 Å². The quantitative estimate of drug-likeness (QED) is 0.742. The van der Waals surface area contributed by atoms with E-state index >= 15 is 0 Å². The van der Waals surface area contributed by atoms with E-state index in [1.165, 1.54) is 4.90 Å². The highest BCUT2D eigenvalue weighted by molar-refractivity contribution is 5.94. The Hall–Kier alpha value is -2.51. The lowest BCUT2D eigenvalue weighted by molar-refractivity contribution is -0.149. The van der Waals surface area contributed by atoms with Crippen molar-refractivity contribution in [3.63, 3.8) is 0 Å². The molecular formula is C20H26F2N2O4. The SMILES string of the molecule is CCC(CC)(CNC(=O)C1CCN(C(=O)c2ccc(F)cc2F)CC1)C(=O)O. The predicted octanol–water partition coefficient (Wildman–Crippen LogP) is 2.82. The average Bonchev–Trinajstić information content (AvgIpc) is 2.68. The summed E-state index contributed by atoms with van der Waals surface area (Å²) < 4.78 is 26.8. The van der Waals surface area contributed by atoms with E-state index in [0.29, 0.717) is 31.7 Å². The third kappa shape index (κ3) is 4.66. The van der Waals surface area contributed by atoms with Gasteiger partial charge in [0.25, 0.3) is 5.91 Å². The summed E-state index contributed by atoms with van der Waals surface area (Å²) >= 11 is 0. The minimum Gasteiger partial charge on any atom is -0.481 e. The summed E-state index contributed by atoms with van der Waals surface area (Å²) in [6.07, 6.45) is 1.63. The van der Waals surface area contributed by atoms with Crippen molar-refractivity contribution in [2.24, 2.45) is 11.3 Å². The Kier molecular flexibility index (Phi) is 7.10. The number of amides is 2. The summed E-state index contributed by atoms with van der Waals surface area (Å²) in [5.41, 5.74) is -1.17. The van der Waals surface area contributed by atoms with Crippen LogP contribution in [0.4, 0.5) is 8.78 Å². The summed E-state index contributed by atoms with van der Waals surface area (Å²) in [6, 6.07) is 2.82. The smallest absolute Gasteiger partial charge is 0.311 e. The van der Waals surface area contributed by atoms with E-state index in [9.17, 15) is 28.3 Å². The van der Waals surface area contributed by atoms with E-state index < -0.39 is 28.9 Å². The number of halogens is 2. The standard InChI is InChI=1S/C20H26F2N2O4/c1-3-20(4-2,19(27)28)12-23-17(25)13-7-9-24(10-8-13)18(26)15-6-5-14(21)11-16(15)22/h5-6,11,13H,3-4,7-10,12H2,1-2H3,(H,23,25)(H,27,28). The molecule has 0 unspecified atom stereocenters. The minimum absolute atomic E-state index is 0.0636. The molecule has 1 saturated heterocycles. The molecule has 2 amide bonds. The number of benzene rings is 1. The Labute approximate surface area is 162 Å². The number of hydrogen-bond donors (Lipinski definition) is 2. The molecule has 1 aromatic rings. The molecule has 1 aliphatic heterocycles. The minimum atomic E-state index is -0.980. The molecule has 0 saturated carbocycles. The van der Waals surface area contributed by atoms with Gasteiger partial charge in [-0.15, -0.1) is 0 Å². The average molecular weight is 396 g/mol. The number of carbonyl (C=O) groups excluding carboxylic acids is 2. The highest BCUT2D eigenvalue weighted by Crippen LogP contribution is 2.26. The molecular weight excluding hydrogens is 370 g/mol. The molecule has 0 spiro atoms. The third-order valence-electron chi connectivity index (χ3n) is 5.72. The molecule has 2 rings (SSSR count). The van der Waals surface area contributed by atoms with Gasteiger partial charge in [-0.2, -0.15) is 0 Å². The first-order valence-corrected chi connectivity index (χ1v) is 9.49. The highest BCUT2D eigenvalue weighted by atomic mass is 19.1. The molecule has 1 heterocycles. The van der Waals surface area contributed by atoms with E-state index in [0.717, 1.165) is 12.1 Å². The van der Waals surface area contributed by atoms with Crippen LogP contribution in [-0.2, 0) is 9.59 Å². The molecule has 154 valence electrons. The van der Waals surface area contributed by atoms with E-state index in [1.54, 1.807) is 13.8 Å². The Morgan fingerprint density at radius 3 is 2.29 bits per heavy atom. The zero-order valence-corrected chi connectivity index (χ0v) is 16.1. The Balaban J connectivity index is 1.91. The first-order chi connectivity index (χ1) is 13.2. The number of aliphatic carboxylic acids is 1. The van der Waals surface area contributed by atoms with Crippen LogP contribution in [0.1, 0.15) is 49.9 Å². The topological polar surface area (TPSA) is 86.7 Å². The molecule has 0 atom stereocenters. The van der Waals surface area contributed by atoms with Crippen LogP contribution in [0.2, 0.25) is 0 Å². The zero-order valence-electron chi connectivity index (χ0n) is 16.1. The number of hydrogen-bond acceptors (Lipinski definition) is 3. The van der Waals surface area contributed by atoms with E-state index in [4.69, 9.17) is 0 Å². The van der Waals surface area contributed by atoms with Gasteiger partial charge in [-0.05, 0) is 37.8 Å². The summed E-state index contributed by atoms with van der Waals surface area (Å²) in [5, 5.41) is 12.2. The van der Waals surface area contributed by atoms with Crippen LogP contribution < -0.4 is 5.32 Å². The second-order valence-corrected chi connectivity index (χ2v) is 7.20. The Bertz CT molecular complexity index is 742. The van der Waals surface area contributed by atoms with E-state index in [2.05, 4.69) is 5.32 Å². The van der Waals surface area contributed by atoms with Crippen molar-refractivity contribution >= 4 is 17.8 Å². The second-order valence-electron chi connectivity index (χ2n) is 7.20. The van der Waals surface area contributed by atoms with Gasteiger partial charge in [-0.25, -0.2) is 8.78 Å². The molecule has 28 heavy (non-hydrogen) atoms. The maximum atomic E-state index is 13.8. The van der Waals surface area contributed by atoms with Gasteiger partial charge < -0.3 is 15.3 Å². The number of carboxylic acid groups (broad SMARTS) is 1. The number of carbonyl (C=O) groups is 3. The molecule has 2 N–H and O–H groups in total. The molecule has 0 aromatic heterocycles. The lowest BCUT2D eigenvalue weighted by Gasteiger charge is -2.33. The van der Waals surface area contributed by atoms with Crippen molar-refractivity contribution in [2.75, 3.05) is 19.6 Å². The van der Waals surface area contributed by atoms with Crippen LogP contribution in [0, 0.1) is 23.0 Å². The van der Waals surface area contributed by atoms with Crippen LogP contribution in [0.3, 0.4) is 0 Å². The number of piperidine rings is 1. The molecule has 0 radical (unpaired) electrons. The first kappa shape index (κ1) is 21.8. The van der Waals surface area contributed by atoms with Gasteiger partial charge in [-0.1, -0.05) is 13.8 Å². The number of likely N-dealkylation sites (tertiary alicyclic amines) is 1. The zero-order chi connectivity index (χ0) is 20.9. The number of nitrogens with zero attached hydrogens (tertiary/aromatic N) is 1. The highest BCUT2D eigenvalue weighted by Gasteiger charge is 2.36. The summed E-state index contributed by atoms with van der Waals surface area (Å²) in [5.74, 6) is -3.68. The van der Waals surface area contributed by atoms with Gasteiger partial charge in [0, 0.05) is 31.6 Å². The Morgan fingerprint density at radius 1 is 1.18 bits per heavy atom. The molecule has 1 aliphatic rings. The van der Waals surface area contributed by atoms with Gasteiger partial charge >= 0.3 is 5.97 Å². The third-order valence-corrected chi connectivity index (χ3v) is 5.72. The lowest BCUT2D eigenvalue weighted by Crippen LogP contribution is -2.47. The van der Waals surface area contributed by atoms with Gasteiger partial charge in [0.05, 0.1) is 11.0 Å². The summed E-state index contributed by atoms with van der Waals surface area (Å²) in [6.45, 7) is 4.18. The second kappa shape index (κ2) is 9.12. The fourth-order valence-electron chi connectivity index (χ4n) is 3.46. The molecule has 8 heteroatoms. The van der Waals surface area contributed by atoms with Crippen molar-refractivity contribution in [1.82, 2.24) is 10.2 Å². The molecule has 0 aliphatic carbocycles. The molecule has 6 nitrogen and oxygen atoms in total. The van der Waals surface area contributed by atoms with Crippen molar-refractivity contribution in [2.45, 2.75) is 39.5 Å². The van der Waals surface area contributed by atoms with Gasteiger partial charge in [0.15, 0.2) is 0 Å². The van der Waals surface area contributed by atoms with Crippen molar-refractivity contribution in [1.29, 1.82) is 0 Å². The van der Waals surface area contributed by atoms with Crippen LogP contribution in [0.15, 0.2) is 18.2 Å². The molecule has 1 fully saturated rings. The number of nitrogens with one attached hydrogen (secondary N) is 1. The number of rotatable bonds is 7. The van der Waals surface area contributed by atoms with Crippen molar-refractivity contribution in [3.05, 3.63) is 35.4 Å². The molecule has 1 aromatic carbocycles. The van der Waals surface area contributed by atoms with Crippen LogP contribution in [-0.4, -0.2) is 47.4 Å². The maximum absolute atomic E-state index is 13.8. The molecule has 0 bridgehead atoms. The fraction of sp³-hybridized carbons (Fsp3) is 0.550. The van der Waals surface area contributed by atoms with Gasteiger partial charge in [0.1, 0.15) is 11.6 Å². The Morgan fingerprint density at radius 2 is 1.79 bits per heavy atom. The van der Waals surface area contributed by atoms with Crippen molar-refractivity contribution < 1.29 is 28.3 Å². The van der Waals surface area contributed by atoms with Gasteiger partial charge in [0.2, 0.25) is 5.91 Å². The van der Waals surface area contributed by atoms with Crippen LogP contribution >= 0.6 is 0 Å². The normalized spacial score (nSPS) is 15.4. The van der Waals surface area contributed by atoms with Crippen LogP contribution in [0.5, 0.6) is 0 Å². The van der Waals surface area contributed by atoms with Gasteiger partial charge in [-0.3, -0.25) is 14.4 Å². The fourth-order valence-corrected chi connectivity index (χ4v) is 3.46. The monoisotopic (exact) mass is 396 g/mol. The maximum Gasteiger partial charge on any atom is 0.311 e. The first-order valence-electron chi connectivity index (χ1n) is 9.49. The van der Waals surface area contributed by atoms with E-state index in [-0.39, 0.29) is 37.0 Å². The van der Waals surface area contributed by atoms with Crippen LogP contribution in [0.25, 0.3) is 0 Å². The van der Waals surface area contributed by atoms with Crippen molar-refractivity contribution in [3.8, 4) is 0 Å². The summed E-state index contributed by atoms with van der Waals surface area (Å²) in [4.78, 5) is 37.8. The summed E-state index contributed by atoms with van der Waals surface area (Å²) in [7, 11) is 0. The number of carboxylic acids is 1.